The number of amides is 1. The summed E-state index contributed by atoms with van der Waals surface area (Å²) in [6.45, 7) is 2.09. The van der Waals surface area contributed by atoms with Crippen molar-refractivity contribution < 1.29 is 14.3 Å². The van der Waals surface area contributed by atoms with Gasteiger partial charge in [0, 0.05) is 5.69 Å². The van der Waals surface area contributed by atoms with E-state index in [1.165, 1.54) is 0 Å². The highest BCUT2D eigenvalue weighted by Gasteiger charge is 2.45. The Balaban J connectivity index is 1.79. The van der Waals surface area contributed by atoms with E-state index in [1.807, 2.05) is 30.3 Å². The summed E-state index contributed by atoms with van der Waals surface area (Å²) in [7, 11) is 0. The Morgan fingerprint density at radius 1 is 1.08 bits per heavy atom. The topological polar surface area (TPSA) is 55.4 Å². The Morgan fingerprint density at radius 2 is 1.83 bits per heavy atom. The summed E-state index contributed by atoms with van der Waals surface area (Å²) in [5.41, 5.74) is 1.65. The minimum atomic E-state index is -0.457. The van der Waals surface area contributed by atoms with Crippen LogP contribution in [0.4, 0.5) is 5.69 Å². The van der Waals surface area contributed by atoms with Gasteiger partial charge >= 0.3 is 5.97 Å². The number of anilines is 1. The lowest BCUT2D eigenvalue weighted by atomic mass is 9.64. The van der Waals surface area contributed by atoms with Crippen LogP contribution in [0.5, 0.6) is 0 Å². The predicted octanol–water partition coefficient (Wildman–Crippen LogP) is 3.92. The standard InChI is InChI=1S/C20H21NO3/c1-2-24-18(22)15-8-6-11-17(14-15)21-19(23)20(12-7-13-20)16-9-4-3-5-10-16/h3-6,8-11,14H,2,7,12-13H2,1H3,(H,21,23). The third kappa shape index (κ3) is 3.04. The van der Waals surface area contributed by atoms with E-state index in [1.54, 1.807) is 31.2 Å². The summed E-state index contributed by atoms with van der Waals surface area (Å²) >= 11 is 0. The third-order valence-corrected chi connectivity index (χ3v) is 4.60. The molecule has 0 atom stereocenters. The molecule has 0 spiro atoms. The molecule has 1 aliphatic rings. The fraction of sp³-hybridized carbons (Fsp3) is 0.300. The van der Waals surface area contributed by atoms with Gasteiger partial charge in [-0.05, 0) is 43.5 Å². The first-order valence-corrected chi connectivity index (χ1v) is 8.30. The molecule has 0 unspecified atom stereocenters. The minimum absolute atomic E-state index is 0.0130. The monoisotopic (exact) mass is 323 g/mol. The minimum Gasteiger partial charge on any atom is -0.462 e. The van der Waals surface area contributed by atoms with Crippen molar-refractivity contribution >= 4 is 17.6 Å². The first-order chi connectivity index (χ1) is 11.7. The lowest BCUT2D eigenvalue weighted by Crippen LogP contribution is -2.46. The van der Waals surface area contributed by atoms with E-state index >= 15 is 0 Å². The van der Waals surface area contributed by atoms with E-state index in [0.29, 0.717) is 17.9 Å². The number of carbonyl (C=O) groups excluding carboxylic acids is 2. The molecule has 0 bridgehead atoms. The molecule has 124 valence electrons. The maximum Gasteiger partial charge on any atom is 0.338 e. The molecule has 4 nitrogen and oxygen atoms in total. The lowest BCUT2D eigenvalue weighted by molar-refractivity contribution is -0.124. The molecule has 2 aromatic rings. The van der Waals surface area contributed by atoms with Gasteiger partial charge in [0.05, 0.1) is 17.6 Å². The number of hydrogen-bond acceptors (Lipinski definition) is 3. The Labute approximate surface area is 141 Å². The van der Waals surface area contributed by atoms with E-state index in [-0.39, 0.29) is 11.9 Å². The predicted molar refractivity (Wildman–Crippen MR) is 93.0 cm³/mol. The van der Waals surface area contributed by atoms with Crippen LogP contribution in [0.25, 0.3) is 0 Å². The largest absolute Gasteiger partial charge is 0.462 e. The van der Waals surface area contributed by atoms with E-state index < -0.39 is 5.41 Å². The quantitative estimate of drug-likeness (QED) is 0.848. The Bertz CT molecular complexity index is 736. The second-order valence-electron chi connectivity index (χ2n) is 6.06. The molecular weight excluding hydrogens is 302 g/mol. The van der Waals surface area contributed by atoms with Crippen molar-refractivity contribution in [2.24, 2.45) is 0 Å². The molecule has 4 heteroatoms. The Hall–Kier alpha value is -2.62. The SMILES string of the molecule is CCOC(=O)c1cccc(NC(=O)C2(c3ccccc3)CCC2)c1. The van der Waals surface area contributed by atoms with Crippen molar-refractivity contribution in [3.05, 3.63) is 65.7 Å². The highest BCUT2D eigenvalue weighted by atomic mass is 16.5. The van der Waals surface area contributed by atoms with Gasteiger partial charge in [0.15, 0.2) is 0 Å². The summed E-state index contributed by atoms with van der Waals surface area (Å²) in [5.74, 6) is -0.393. The molecular formula is C20H21NO3. The first-order valence-electron chi connectivity index (χ1n) is 8.30. The van der Waals surface area contributed by atoms with Crippen LogP contribution in [0.3, 0.4) is 0 Å². The zero-order valence-electron chi connectivity index (χ0n) is 13.7. The normalized spacial score (nSPS) is 15.2. The van der Waals surface area contributed by atoms with Gasteiger partial charge in [-0.25, -0.2) is 4.79 Å². The van der Waals surface area contributed by atoms with Crippen LogP contribution in [0, 0.1) is 0 Å². The zero-order chi connectivity index (χ0) is 17.0. The maximum absolute atomic E-state index is 12.9. The fourth-order valence-electron chi connectivity index (χ4n) is 3.12. The Morgan fingerprint density at radius 3 is 2.46 bits per heavy atom. The number of benzene rings is 2. The highest BCUT2D eigenvalue weighted by molar-refractivity contribution is 6.01. The second-order valence-corrected chi connectivity index (χ2v) is 6.06. The molecule has 2 aromatic carbocycles. The number of carbonyl (C=O) groups is 2. The average molecular weight is 323 g/mol. The third-order valence-electron chi connectivity index (χ3n) is 4.60. The Kier molecular flexibility index (Phi) is 4.65. The van der Waals surface area contributed by atoms with Gasteiger partial charge in [-0.3, -0.25) is 4.79 Å². The highest BCUT2D eigenvalue weighted by Crippen LogP contribution is 2.44. The number of rotatable bonds is 5. The molecule has 0 aromatic heterocycles. The van der Waals surface area contributed by atoms with Gasteiger partial charge in [-0.2, -0.15) is 0 Å². The molecule has 1 saturated carbocycles. The fourth-order valence-corrected chi connectivity index (χ4v) is 3.12. The van der Waals surface area contributed by atoms with Crippen LogP contribution >= 0.6 is 0 Å². The van der Waals surface area contributed by atoms with Crippen molar-refractivity contribution in [2.75, 3.05) is 11.9 Å². The number of hydrogen-bond donors (Lipinski definition) is 1. The van der Waals surface area contributed by atoms with E-state index in [2.05, 4.69) is 5.32 Å². The number of esters is 1. The van der Waals surface area contributed by atoms with Gasteiger partial charge in [0.1, 0.15) is 0 Å². The van der Waals surface area contributed by atoms with Crippen molar-refractivity contribution in [3.8, 4) is 0 Å². The van der Waals surface area contributed by atoms with Crippen molar-refractivity contribution in [2.45, 2.75) is 31.6 Å². The molecule has 24 heavy (non-hydrogen) atoms. The van der Waals surface area contributed by atoms with Crippen LogP contribution in [0.15, 0.2) is 54.6 Å². The molecule has 0 heterocycles. The number of ether oxygens (including phenoxy) is 1. The molecule has 0 aliphatic heterocycles. The van der Waals surface area contributed by atoms with E-state index in [0.717, 1.165) is 24.8 Å². The van der Waals surface area contributed by atoms with E-state index in [4.69, 9.17) is 4.74 Å². The van der Waals surface area contributed by atoms with Gasteiger partial charge in [-0.1, -0.05) is 42.8 Å². The van der Waals surface area contributed by atoms with Gasteiger partial charge in [0.25, 0.3) is 0 Å². The summed E-state index contributed by atoms with van der Waals surface area (Å²) in [4.78, 5) is 24.7. The molecule has 1 fully saturated rings. The van der Waals surface area contributed by atoms with Crippen molar-refractivity contribution in [3.63, 3.8) is 0 Å². The molecule has 3 rings (SSSR count). The van der Waals surface area contributed by atoms with E-state index in [9.17, 15) is 9.59 Å². The first kappa shape index (κ1) is 16.2. The molecule has 1 N–H and O–H groups in total. The summed E-state index contributed by atoms with van der Waals surface area (Å²) in [6, 6.07) is 16.8. The van der Waals surface area contributed by atoms with Crippen molar-refractivity contribution in [1.29, 1.82) is 0 Å². The lowest BCUT2D eigenvalue weighted by Gasteiger charge is -2.40. The maximum atomic E-state index is 12.9. The summed E-state index contributed by atoms with van der Waals surface area (Å²) in [6.07, 6.45) is 2.74. The second kappa shape index (κ2) is 6.87. The van der Waals surface area contributed by atoms with Crippen LogP contribution < -0.4 is 5.32 Å². The summed E-state index contributed by atoms with van der Waals surface area (Å²) in [5, 5.41) is 2.97. The van der Waals surface area contributed by atoms with Gasteiger partial charge < -0.3 is 10.1 Å². The van der Waals surface area contributed by atoms with Crippen LogP contribution in [0.2, 0.25) is 0 Å². The van der Waals surface area contributed by atoms with Gasteiger partial charge in [-0.15, -0.1) is 0 Å². The van der Waals surface area contributed by atoms with Gasteiger partial charge in [0.2, 0.25) is 5.91 Å². The molecule has 0 radical (unpaired) electrons. The average Bonchev–Trinajstić information content (AvgIpc) is 2.55. The summed E-state index contributed by atoms with van der Waals surface area (Å²) < 4.78 is 5.01. The van der Waals surface area contributed by atoms with Crippen molar-refractivity contribution in [1.82, 2.24) is 0 Å². The van der Waals surface area contributed by atoms with Crippen LogP contribution in [0.1, 0.15) is 42.1 Å². The zero-order valence-corrected chi connectivity index (χ0v) is 13.7. The van der Waals surface area contributed by atoms with Crippen LogP contribution in [-0.2, 0) is 14.9 Å². The molecule has 1 aliphatic carbocycles. The molecule has 0 saturated heterocycles. The smallest absolute Gasteiger partial charge is 0.338 e. The molecule has 1 amide bonds. The van der Waals surface area contributed by atoms with Crippen LogP contribution in [-0.4, -0.2) is 18.5 Å². The number of nitrogens with one attached hydrogen (secondary N) is 1.